The average Bonchev–Trinajstić information content (AvgIpc) is 2.76. The first kappa shape index (κ1) is 14.7. The van der Waals surface area contributed by atoms with Crippen molar-refractivity contribution in [3.8, 4) is 0 Å². The maximum Gasteiger partial charge on any atom is 0.317 e. The van der Waals surface area contributed by atoms with E-state index in [1.165, 1.54) is 0 Å². The smallest absolute Gasteiger partial charge is 0.317 e. The molecular weight excluding hydrogens is 268 g/mol. The zero-order valence-electron chi connectivity index (χ0n) is 13.2. The van der Waals surface area contributed by atoms with Crippen molar-refractivity contribution in [3.05, 3.63) is 0 Å². The average molecular weight is 294 g/mol. The summed E-state index contributed by atoms with van der Waals surface area (Å²) in [5.74, 6) is -0.0405. The van der Waals surface area contributed by atoms with E-state index < -0.39 is 11.4 Å². The molecule has 5 heteroatoms. The van der Waals surface area contributed by atoms with Gasteiger partial charge in [-0.25, -0.2) is 4.79 Å². The Kier molecular flexibility index (Phi) is 3.22. The fourth-order valence-corrected chi connectivity index (χ4v) is 4.27. The second-order valence-electron chi connectivity index (χ2n) is 7.80. The van der Waals surface area contributed by atoms with Crippen LogP contribution in [0.15, 0.2) is 0 Å². The lowest BCUT2D eigenvalue weighted by Crippen LogP contribution is -2.43. The topological polar surface area (TPSA) is 69.6 Å². The second-order valence-corrected chi connectivity index (χ2v) is 7.80. The summed E-state index contributed by atoms with van der Waals surface area (Å²) in [4.78, 5) is 25.8. The molecule has 5 nitrogen and oxygen atoms in total. The van der Waals surface area contributed by atoms with Crippen LogP contribution < -0.4 is 5.32 Å². The number of nitrogens with zero attached hydrogens (tertiary/aromatic N) is 1. The predicted octanol–water partition coefficient (Wildman–Crippen LogP) is 2.32. The quantitative estimate of drug-likeness (QED) is 0.839. The number of rotatable bonds is 3. The molecule has 1 heterocycles. The van der Waals surface area contributed by atoms with Crippen molar-refractivity contribution >= 4 is 12.0 Å². The summed E-state index contributed by atoms with van der Waals surface area (Å²) in [5.41, 5.74) is -0.474. The molecule has 2 aliphatic carbocycles. The molecule has 0 radical (unpaired) electrons. The third-order valence-corrected chi connectivity index (χ3v) is 6.48. The Hall–Kier alpha value is -1.26. The number of urea groups is 1. The van der Waals surface area contributed by atoms with Gasteiger partial charge in [0.2, 0.25) is 0 Å². The van der Waals surface area contributed by atoms with Crippen LogP contribution in [0.4, 0.5) is 4.79 Å². The number of nitrogens with one attached hydrogen (secondary N) is 1. The Balaban J connectivity index is 1.62. The van der Waals surface area contributed by atoms with Gasteiger partial charge in [0.15, 0.2) is 0 Å². The number of carboxylic acid groups (broad SMARTS) is 1. The Labute approximate surface area is 126 Å². The zero-order chi connectivity index (χ0) is 15.4. The first-order valence-electron chi connectivity index (χ1n) is 8.08. The maximum atomic E-state index is 12.4. The van der Waals surface area contributed by atoms with Crippen LogP contribution in [0.1, 0.15) is 46.5 Å². The van der Waals surface area contributed by atoms with Gasteiger partial charge < -0.3 is 15.3 Å². The van der Waals surface area contributed by atoms with Crippen LogP contribution in [0.2, 0.25) is 0 Å². The lowest BCUT2D eigenvalue weighted by atomic mass is 9.81. The maximum absolute atomic E-state index is 12.4. The monoisotopic (exact) mass is 294 g/mol. The molecule has 3 rings (SSSR count). The summed E-state index contributed by atoms with van der Waals surface area (Å²) in [6, 6.07) is 0.172. The Morgan fingerprint density at radius 3 is 2.62 bits per heavy atom. The molecule has 3 fully saturated rings. The van der Waals surface area contributed by atoms with Crippen LogP contribution in [0.3, 0.4) is 0 Å². The van der Waals surface area contributed by atoms with E-state index in [1.807, 2.05) is 0 Å². The summed E-state index contributed by atoms with van der Waals surface area (Å²) < 4.78 is 0. The fraction of sp³-hybridized carbons (Fsp3) is 0.875. The molecule has 118 valence electrons. The molecule has 2 unspecified atom stereocenters. The number of likely N-dealkylation sites (tertiary alicyclic amines) is 1. The number of aliphatic carboxylic acids is 1. The van der Waals surface area contributed by atoms with Gasteiger partial charge in [0.05, 0.1) is 5.41 Å². The molecule has 0 aromatic heterocycles. The van der Waals surface area contributed by atoms with Gasteiger partial charge >= 0.3 is 12.0 Å². The first-order chi connectivity index (χ1) is 9.79. The minimum atomic E-state index is -0.723. The lowest BCUT2D eigenvalue weighted by Gasteiger charge is -2.24. The van der Waals surface area contributed by atoms with Crippen molar-refractivity contribution < 1.29 is 14.7 Å². The molecule has 21 heavy (non-hydrogen) atoms. The van der Waals surface area contributed by atoms with Crippen LogP contribution in [0.5, 0.6) is 0 Å². The van der Waals surface area contributed by atoms with Crippen molar-refractivity contribution in [3.63, 3.8) is 0 Å². The van der Waals surface area contributed by atoms with Gasteiger partial charge in [0, 0.05) is 19.1 Å². The number of hydrogen-bond donors (Lipinski definition) is 2. The van der Waals surface area contributed by atoms with Crippen molar-refractivity contribution in [2.75, 3.05) is 13.1 Å². The molecule has 0 bridgehead atoms. The summed E-state index contributed by atoms with van der Waals surface area (Å²) >= 11 is 0. The fourth-order valence-electron chi connectivity index (χ4n) is 4.27. The zero-order valence-corrected chi connectivity index (χ0v) is 13.2. The molecule has 3 aliphatic rings. The summed E-state index contributed by atoms with van der Waals surface area (Å²) in [7, 11) is 0. The number of carbonyl (C=O) groups is 2. The van der Waals surface area contributed by atoms with Gasteiger partial charge in [-0.2, -0.15) is 0 Å². The summed E-state index contributed by atoms with van der Waals surface area (Å²) in [6.07, 6.45) is 3.64. The van der Waals surface area contributed by atoms with Gasteiger partial charge in [-0.05, 0) is 36.5 Å². The van der Waals surface area contributed by atoms with E-state index in [9.17, 15) is 14.7 Å². The molecule has 0 aromatic carbocycles. The molecular formula is C16H26N2O3. The van der Waals surface area contributed by atoms with Crippen molar-refractivity contribution in [1.29, 1.82) is 0 Å². The van der Waals surface area contributed by atoms with Gasteiger partial charge in [0.25, 0.3) is 0 Å². The highest BCUT2D eigenvalue weighted by molar-refractivity contribution is 5.81. The van der Waals surface area contributed by atoms with Crippen LogP contribution >= 0.6 is 0 Å². The number of amides is 2. The molecule has 2 saturated carbocycles. The standard InChI is InChI=1S/C16H26N2O3/c1-10(2)15(3)7-12(15)17-14(21)18-8-11-5-4-6-16(11,9-18)13(19)20/h10-12H,4-9H2,1-3H3,(H,17,21)(H,19,20)/t11-,12?,15?,16+/m0/s1. The number of carboxylic acids is 1. The summed E-state index contributed by atoms with van der Waals surface area (Å²) in [5, 5.41) is 12.7. The van der Waals surface area contributed by atoms with Crippen LogP contribution in [-0.2, 0) is 4.79 Å². The second kappa shape index (κ2) is 4.62. The highest BCUT2D eigenvalue weighted by Crippen LogP contribution is 2.52. The van der Waals surface area contributed by atoms with Crippen LogP contribution in [0, 0.1) is 22.7 Å². The van der Waals surface area contributed by atoms with E-state index in [1.54, 1.807) is 4.90 Å². The molecule has 0 aromatic rings. The van der Waals surface area contributed by atoms with Crippen molar-refractivity contribution in [2.45, 2.75) is 52.5 Å². The number of carbonyl (C=O) groups excluding carboxylic acids is 1. The van der Waals surface area contributed by atoms with Crippen LogP contribution in [-0.4, -0.2) is 41.1 Å². The third-order valence-electron chi connectivity index (χ3n) is 6.48. The minimum absolute atomic E-state index is 0.0700. The normalized spacial score (nSPS) is 41.2. The Morgan fingerprint density at radius 1 is 1.38 bits per heavy atom. The Bertz CT molecular complexity index is 478. The lowest BCUT2D eigenvalue weighted by molar-refractivity contribution is -0.149. The first-order valence-corrected chi connectivity index (χ1v) is 8.08. The van der Waals surface area contributed by atoms with E-state index in [0.29, 0.717) is 25.4 Å². The SMILES string of the molecule is CC(C)C1(C)CC1NC(=O)N1C[C@@H]2CCC[C@@]2(C(=O)O)C1. The largest absolute Gasteiger partial charge is 0.481 e. The Morgan fingerprint density at radius 2 is 2.10 bits per heavy atom. The molecule has 1 aliphatic heterocycles. The molecule has 2 amide bonds. The van der Waals surface area contributed by atoms with Gasteiger partial charge in [-0.15, -0.1) is 0 Å². The number of fused-ring (bicyclic) bond motifs is 1. The van der Waals surface area contributed by atoms with E-state index in [2.05, 4.69) is 26.1 Å². The van der Waals surface area contributed by atoms with E-state index in [4.69, 9.17) is 0 Å². The van der Waals surface area contributed by atoms with E-state index >= 15 is 0 Å². The summed E-state index contributed by atoms with van der Waals surface area (Å²) in [6.45, 7) is 7.56. The minimum Gasteiger partial charge on any atom is -0.481 e. The molecule has 4 atom stereocenters. The molecule has 0 spiro atoms. The van der Waals surface area contributed by atoms with Crippen molar-refractivity contribution in [1.82, 2.24) is 10.2 Å². The van der Waals surface area contributed by atoms with E-state index in [-0.39, 0.29) is 23.4 Å². The van der Waals surface area contributed by atoms with Gasteiger partial charge in [-0.1, -0.05) is 27.2 Å². The third kappa shape index (κ3) is 2.12. The molecule has 2 N–H and O–H groups in total. The predicted molar refractivity (Wildman–Crippen MR) is 78.9 cm³/mol. The van der Waals surface area contributed by atoms with E-state index in [0.717, 1.165) is 19.3 Å². The van der Waals surface area contributed by atoms with Crippen LogP contribution in [0.25, 0.3) is 0 Å². The van der Waals surface area contributed by atoms with Crippen molar-refractivity contribution in [2.24, 2.45) is 22.7 Å². The van der Waals surface area contributed by atoms with Gasteiger partial charge in [0.1, 0.15) is 0 Å². The van der Waals surface area contributed by atoms with Gasteiger partial charge in [-0.3, -0.25) is 4.79 Å². The molecule has 1 saturated heterocycles. The highest BCUT2D eigenvalue weighted by atomic mass is 16.4. The number of hydrogen-bond acceptors (Lipinski definition) is 2. The highest BCUT2D eigenvalue weighted by Gasteiger charge is 2.57.